The number of thioether (sulfide) groups is 1. The molecule has 1 aliphatic rings. The van der Waals surface area contributed by atoms with Gasteiger partial charge in [-0.3, -0.25) is 4.57 Å². The number of methoxy groups -OCH3 is 2. The number of nitrogens with zero attached hydrogens (tertiary/aromatic N) is 3. The number of hydrogen-bond acceptors (Lipinski definition) is 6. The van der Waals surface area contributed by atoms with Gasteiger partial charge in [-0.1, -0.05) is 79.2 Å². The van der Waals surface area contributed by atoms with E-state index >= 15 is 0 Å². The summed E-state index contributed by atoms with van der Waals surface area (Å²) in [4.78, 5) is 12.7. The van der Waals surface area contributed by atoms with Crippen LogP contribution in [0.4, 0.5) is 0 Å². The summed E-state index contributed by atoms with van der Waals surface area (Å²) in [6, 6.07) is 32.5. The lowest BCUT2D eigenvalue weighted by Gasteiger charge is -2.25. The zero-order valence-corrected chi connectivity index (χ0v) is 24.6. The average molecular weight is 576 g/mol. The van der Waals surface area contributed by atoms with Gasteiger partial charge in [-0.2, -0.15) is 0 Å². The van der Waals surface area contributed by atoms with Crippen molar-refractivity contribution in [2.75, 3.05) is 20.0 Å². The van der Waals surface area contributed by atoms with Gasteiger partial charge < -0.3 is 14.3 Å². The van der Waals surface area contributed by atoms with Gasteiger partial charge in [-0.25, -0.2) is 0 Å². The average Bonchev–Trinajstić information content (AvgIpc) is 3.60. The first-order valence-electron chi connectivity index (χ1n) is 14.2. The number of rotatable bonds is 12. The Morgan fingerprint density at radius 3 is 2.12 bits per heavy atom. The Bertz CT molecular complexity index is 1650. The molecule has 0 saturated carbocycles. The summed E-state index contributed by atoms with van der Waals surface area (Å²) < 4.78 is 12.9. The van der Waals surface area contributed by atoms with Crippen molar-refractivity contribution in [1.29, 1.82) is 0 Å². The number of aromatic nitrogens is 3. The van der Waals surface area contributed by atoms with E-state index in [2.05, 4.69) is 51.2 Å². The molecule has 6 nitrogen and oxygen atoms in total. The number of aldehydes is 1. The van der Waals surface area contributed by atoms with Crippen LogP contribution in [0.2, 0.25) is 0 Å². The second-order valence-electron chi connectivity index (χ2n) is 10.4. The molecular formula is C35H33N3O3S. The van der Waals surface area contributed by atoms with Crippen molar-refractivity contribution in [3.8, 4) is 39.7 Å². The van der Waals surface area contributed by atoms with Gasteiger partial charge in [0.05, 0.1) is 25.3 Å². The first kappa shape index (κ1) is 27.8. The normalized spacial score (nSPS) is 12.9. The molecule has 6 rings (SSSR count). The molecule has 42 heavy (non-hydrogen) atoms. The van der Waals surface area contributed by atoms with Gasteiger partial charge in [0.2, 0.25) is 0 Å². The molecule has 0 saturated heterocycles. The van der Waals surface area contributed by atoms with Crippen LogP contribution in [-0.4, -0.2) is 41.0 Å². The molecule has 5 aromatic rings. The molecule has 1 heterocycles. The lowest BCUT2D eigenvalue weighted by Crippen LogP contribution is -2.27. The van der Waals surface area contributed by atoms with E-state index in [1.54, 1.807) is 26.0 Å². The maximum Gasteiger partial charge on any atom is 0.196 e. The van der Waals surface area contributed by atoms with Crippen molar-refractivity contribution in [3.63, 3.8) is 0 Å². The van der Waals surface area contributed by atoms with Crippen LogP contribution < -0.4 is 9.47 Å². The number of benzene rings is 4. The Kier molecular flexibility index (Phi) is 8.11. The van der Waals surface area contributed by atoms with E-state index < -0.39 is 5.41 Å². The Balaban J connectivity index is 1.16. The molecule has 4 aromatic carbocycles. The molecule has 0 radical (unpaired) electrons. The topological polar surface area (TPSA) is 66.2 Å². The second kappa shape index (κ2) is 12.2. The van der Waals surface area contributed by atoms with Gasteiger partial charge in [-0.15, -0.1) is 10.2 Å². The third kappa shape index (κ3) is 5.09. The smallest absolute Gasteiger partial charge is 0.196 e. The Morgan fingerprint density at radius 2 is 1.45 bits per heavy atom. The SMILES string of the molecule is COc1ccc(-c2nnc(SCCCCCC3(C=O)c4ccccc4-c4ccccc43)n2-c2cccc(OC)c2)cc1. The molecule has 1 aromatic heterocycles. The van der Waals surface area contributed by atoms with Crippen LogP contribution in [0.25, 0.3) is 28.2 Å². The van der Waals surface area contributed by atoms with Crippen LogP contribution >= 0.6 is 11.8 Å². The van der Waals surface area contributed by atoms with Crippen LogP contribution in [0, 0.1) is 0 Å². The van der Waals surface area contributed by atoms with Crippen LogP contribution in [0.5, 0.6) is 11.5 Å². The second-order valence-corrected chi connectivity index (χ2v) is 11.5. The van der Waals surface area contributed by atoms with Crippen molar-refractivity contribution >= 4 is 18.0 Å². The minimum absolute atomic E-state index is 0.569. The number of carbonyl (C=O) groups is 1. The molecule has 0 amide bonds. The monoisotopic (exact) mass is 575 g/mol. The molecule has 212 valence electrons. The van der Waals surface area contributed by atoms with Gasteiger partial charge >= 0.3 is 0 Å². The zero-order chi connectivity index (χ0) is 28.9. The van der Waals surface area contributed by atoms with Crippen molar-refractivity contribution in [3.05, 3.63) is 108 Å². The van der Waals surface area contributed by atoms with Gasteiger partial charge in [0, 0.05) is 17.4 Å². The Hall–Kier alpha value is -4.36. The van der Waals surface area contributed by atoms with E-state index in [-0.39, 0.29) is 0 Å². The lowest BCUT2D eigenvalue weighted by atomic mass is 9.75. The van der Waals surface area contributed by atoms with E-state index in [0.717, 1.165) is 76.3 Å². The lowest BCUT2D eigenvalue weighted by molar-refractivity contribution is -0.111. The first-order valence-corrected chi connectivity index (χ1v) is 15.2. The van der Waals surface area contributed by atoms with E-state index in [4.69, 9.17) is 9.47 Å². The molecule has 0 bridgehead atoms. The van der Waals surface area contributed by atoms with E-state index in [0.29, 0.717) is 0 Å². The van der Waals surface area contributed by atoms with E-state index in [1.807, 2.05) is 60.7 Å². The molecule has 0 atom stereocenters. The van der Waals surface area contributed by atoms with Crippen LogP contribution in [0.15, 0.2) is 102 Å². The highest BCUT2D eigenvalue weighted by Gasteiger charge is 2.42. The highest BCUT2D eigenvalue weighted by atomic mass is 32.2. The number of fused-ring (bicyclic) bond motifs is 3. The maximum atomic E-state index is 12.7. The van der Waals surface area contributed by atoms with Crippen LogP contribution in [0.3, 0.4) is 0 Å². The minimum Gasteiger partial charge on any atom is -0.497 e. The molecule has 0 spiro atoms. The van der Waals surface area contributed by atoms with Gasteiger partial charge in [0.25, 0.3) is 0 Å². The first-order chi connectivity index (χ1) is 20.7. The largest absolute Gasteiger partial charge is 0.497 e. The predicted octanol–water partition coefficient (Wildman–Crippen LogP) is 7.77. The number of unbranched alkanes of at least 4 members (excludes halogenated alkanes) is 2. The number of hydrogen-bond donors (Lipinski definition) is 0. The molecule has 0 aliphatic heterocycles. The van der Waals surface area contributed by atoms with Gasteiger partial charge in [0.1, 0.15) is 17.8 Å². The highest BCUT2D eigenvalue weighted by molar-refractivity contribution is 7.99. The fourth-order valence-electron chi connectivity index (χ4n) is 5.93. The molecule has 0 fully saturated rings. The van der Waals surface area contributed by atoms with Crippen molar-refractivity contribution in [1.82, 2.24) is 14.8 Å². The summed E-state index contributed by atoms with van der Waals surface area (Å²) in [5.74, 6) is 3.23. The molecule has 0 unspecified atom stereocenters. The van der Waals surface area contributed by atoms with Gasteiger partial charge in [-0.05, 0) is 71.5 Å². The minimum atomic E-state index is -0.569. The zero-order valence-electron chi connectivity index (χ0n) is 23.8. The third-order valence-electron chi connectivity index (χ3n) is 8.05. The Morgan fingerprint density at radius 1 is 0.762 bits per heavy atom. The number of carbonyl (C=O) groups excluding carboxylic acids is 1. The van der Waals surface area contributed by atoms with Crippen molar-refractivity contribution in [2.45, 2.75) is 36.3 Å². The molecule has 7 heteroatoms. The van der Waals surface area contributed by atoms with E-state index in [1.165, 1.54) is 17.4 Å². The van der Waals surface area contributed by atoms with Crippen molar-refractivity contribution in [2.24, 2.45) is 0 Å². The van der Waals surface area contributed by atoms with E-state index in [9.17, 15) is 4.79 Å². The summed E-state index contributed by atoms with van der Waals surface area (Å²) in [5.41, 5.74) is 5.95. The molecule has 0 N–H and O–H groups in total. The highest BCUT2D eigenvalue weighted by Crippen LogP contribution is 2.50. The summed E-state index contributed by atoms with van der Waals surface area (Å²) in [5, 5.41) is 9.99. The molecular weight excluding hydrogens is 542 g/mol. The molecule has 1 aliphatic carbocycles. The number of ether oxygens (including phenoxy) is 2. The van der Waals surface area contributed by atoms with Crippen molar-refractivity contribution < 1.29 is 14.3 Å². The fourth-order valence-corrected chi connectivity index (χ4v) is 6.88. The fraction of sp³-hybridized carbons (Fsp3) is 0.229. The van der Waals surface area contributed by atoms with Gasteiger partial charge in [0.15, 0.2) is 11.0 Å². The predicted molar refractivity (Wildman–Crippen MR) is 168 cm³/mol. The summed E-state index contributed by atoms with van der Waals surface area (Å²) >= 11 is 1.70. The quantitative estimate of drug-likeness (QED) is 0.0860. The maximum absolute atomic E-state index is 12.7. The van der Waals surface area contributed by atoms with Crippen LogP contribution in [-0.2, 0) is 10.2 Å². The standard InChI is InChI=1S/C35H33N3O3S/c1-40-27-19-17-25(18-20-27)33-36-37-34(38(33)26-11-10-12-28(23-26)41-2)42-22-9-3-8-21-35(24-39)31-15-6-4-13-29(31)30-14-5-7-16-32(30)35/h4-7,10-20,23-24H,3,8-9,21-22H2,1-2H3. The third-order valence-corrected chi connectivity index (χ3v) is 9.06. The Labute approximate surface area is 250 Å². The van der Waals surface area contributed by atoms with Crippen LogP contribution in [0.1, 0.15) is 36.8 Å². The summed E-state index contributed by atoms with van der Waals surface area (Å²) in [6.07, 6.45) is 4.96. The summed E-state index contributed by atoms with van der Waals surface area (Å²) in [7, 11) is 3.33. The summed E-state index contributed by atoms with van der Waals surface area (Å²) in [6.45, 7) is 0.